The molecule has 0 heterocycles. The van der Waals surface area contributed by atoms with E-state index in [2.05, 4.69) is 74.6 Å². The van der Waals surface area contributed by atoms with E-state index in [0.29, 0.717) is 24.1 Å². The molecule has 0 fully saturated rings. The van der Waals surface area contributed by atoms with Gasteiger partial charge < -0.3 is 27.9 Å². The van der Waals surface area contributed by atoms with E-state index in [9.17, 15) is 14.3 Å². The minimum atomic E-state index is -4.54. The van der Waals surface area contributed by atoms with Crippen LogP contribution in [0.25, 0.3) is 0 Å². The fraction of sp³-hybridized carbons (Fsp3) is 0.784. The van der Waals surface area contributed by atoms with Crippen molar-refractivity contribution in [1.82, 2.24) is 0 Å². The Morgan fingerprint density at radius 2 is 0.917 bits per heavy atom. The SMILES string of the molecule is CCCCCC/C=C\C/C=C\CCCCCCCCOCC(COP(=O)([O-])OCC[N+](C)(C)C)OC(=O)CCCCCCCC/C=C\C/C=C\C/C=C\CCCCCCC. The van der Waals surface area contributed by atoms with Crippen molar-refractivity contribution < 1.29 is 37.3 Å². The zero-order valence-corrected chi connectivity index (χ0v) is 40.5. The van der Waals surface area contributed by atoms with Crippen LogP contribution in [-0.4, -0.2) is 70.7 Å². The van der Waals surface area contributed by atoms with Crippen LogP contribution in [0.15, 0.2) is 60.8 Å². The third-order valence-corrected chi connectivity index (χ3v) is 11.3. The molecule has 0 aromatic rings. The molecule has 0 amide bonds. The topological polar surface area (TPSA) is 94.1 Å². The molecule has 0 rings (SSSR count). The second kappa shape index (κ2) is 43.8. The first kappa shape index (κ1) is 58.2. The van der Waals surface area contributed by atoms with E-state index in [0.717, 1.165) is 77.0 Å². The Balaban J connectivity index is 4.24. The van der Waals surface area contributed by atoms with Crippen LogP contribution < -0.4 is 4.89 Å². The number of hydrogen-bond acceptors (Lipinski definition) is 7. The molecule has 60 heavy (non-hydrogen) atoms. The smallest absolute Gasteiger partial charge is 0.306 e. The fourth-order valence-electron chi connectivity index (χ4n) is 6.47. The van der Waals surface area contributed by atoms with E-state index in [1.807, 2.05) is 21.1 Å². The number of carbonyl (C=O) groups excluding carboxylic acids is 1. The lowest BCUT2D eigenvalue weighted by Crippen LogP contribution is -2.37. The highest BCUT2D eigenvalue weighted by atomic mass is 31.2. The van der Waals surface area contributed by atoms with Gasteiger partial charge in [-0.25, -0.2) is 0 Å². The van der Waals surface area contributed by atoms with Gasteiger partial charge in [0, 0.05) is 13.0 Å². The number of quaternary nitrogens is 1. The van der Waals surface area contributed by atoms with Gasteiger partial charge in [0.2, 0.25) is 0 Å². The average Bonchev–Trinajstić information content (AvgIpc) is 3.20. The number of hydrogen-bond donors (Lipinski definition) is 0. The molecule has 0 spiro atoms. The Labute approximate surface area is 370 Å². The molecule has 2 unspecified atom stereocenters. The van der Waals surface area contributed by atoms with E-state index in [1.54, 1.807) is 0 Å². The molecule has 0 N–H and O–H groups in total. The van der Waals surface area contributed by atoms with Crippen molar-refractivity contribution in [1.29, 1.82) is 0 Å². The predicted molar refractivity (Wildman–Crippen MR) is 254 cm³/mol. The van der Waals surface area contributed by atoms with E-state index in [-0.39, 0.29) is 25.8 Å². The van der Waals surface area contributed by atoms with Crippen molar-refractivity contribution in [2.45, 2.75) is 206 Å². The summed E-state index contributed by atoms with van der Waals surface area (Å²) in [5, 5.41) is 0. The van der Waals surface area contributed by atoms with Crippen molar-refractivity contribution in [3.63, 3.8) is 0 Å². The second-order valence-corrected chi connectivity index (χ2v) is 18.9. The highest BCUT2D eigenvalue weighted by Gasteiger charge is 2.20. The summed E-state index contributed by atoms with van der Waals surface area (Å²) in [7, 11) is 1.33. The first-order chi connectivity index (χ1) is 29.1. The third kappa shape index (κ3) is 47.3. The van der Waals surface area contributed by atoms with Crippen LogP contribution >= 0.6 is 7.82 Å². The van der Waals surface area contributed by atoms with Crippen LogP contribution in [0.1, 0.15) is 200 Å². The van der Waals surface area contributed by atoms with Gasteiger partial charge in [0.05, 0.1) is 34.4 Å². The zero-order valence-electron chi connectivity index (χ0n) is 39.6. The average molecular weight is 864 g/mol. The standard InChI is InChI=1S/C51H94NO7P/c1-6-8-10-12-14-16-18-20-22-24-25-26-27-28-30-32-34-36-38-40-42-44-51(53)59-50(49-58-60(54,55)57-47-45-52(3,4)5)48-56-46-43-41-39-37-35-33-31-29-23-21-19-17-15-13-11-9-7-2/h17-20,23-25,27-29,50H,6-16,21-22,26,30-49H2,1-5H3/b19-17-,20-18-,25-24-,28-27-,29-23-. The molecule has 0 aliphatic rings. The van der Waals surface area contributed by atoms with Crippen molar-refractivity contribution in [2.75, 3.05) is 54.1 Å². The number of ether oxygens (including phenoxy) is 2. The van der Waals surface area contributed by atoms with E-state index >= 15 is 0 Å². The van der Waals surface area contributed by atoms with Gasteiger partial charge >= 0.3 is 5.97 Å². The summed E-state index contributed by atoms with van der Waals surface area (Å²) >= 11 is 0. The van der Waals surface area contributed by atoms with Crippen molar-refractivity contribution in [2.24, 2.45) is 0 Å². The summed E-state index contributed by atoms with van der Waals surface area (Å²) in [5.41, 5.74) is 0. The number of esters is 1. The molecule has 0 bridgehead atoms. The number of phosphoric acid groups is 1. The van der Waals surface area contributed by atoms with Crippen LogP contribution in [0, 0.1) is 0 Å². The lowest BCUT2D eigenvalue weighted by atomic mass is 10.1. The molecule has 0 aliphatic heterocycles. The molecule has 0 aliphatic carbocycles. The Hall–Kier alpha value is -1.80. The Morgan fingerprint density at radius 3 is 1.38 bits per heavy atom. The number of likely N-dealkylation sites (N-methyl/N-ethyl adjacent to an activating group) is 1. The molecule has 8 nitrogen and oxygen atoms in total. The quantitative estimate of drug-likeness (QED) is 0.0198. The summed E-state index contributed by atoms with van der Waals surface area (Å²) < 4.78 is 34.7. The highest BCUT2D eigenvalue weighted by Crippen LogP contribution is 2.38. The first-order valence-corrected chi connectivity index (χ1v) is 26.0. The fourth-order valence-corrected chi connectivity index (χ4v) is 7.19. The van der Waals surface area contributed by atoms with Gasteiger partial charge in [0.15, 0.2) is 0 Å². The van der Waals surface area contributed by atoms with Crippen LogP contribution in [0.5, 0.6) is 0 Å². The molecule has 0 aromatic heterocycles. The van der Waals surface area contributed by atoms with Crippen molar-refractivity contribution in [3.05, 3.63) is 60.8 Å². The van der Waals surface area contributed by atoms with Crippen LogP contribution in [0.4, 0.5) is 0 Å². The molecule has 9 heteroatoms. The van der Waals surface area contributed by atoms with Gasteiger partial charge in [-0.2, -0.15) is 0 Å². The molecule has 0 saturated carbocycles. The first-order valence-electron chi connectivity index (χ1n) is 24.5. The Morgan fingerprint density at radius 1 is 0.517 bits per heavy atom. The molecule has 0 aromatic carbocycles. The van der Waals surface area contributed by atoms with Gasteiger partial charge in [0.25, 0.3) is 7.82 Å². The Bertz CT molecular complexity index is 1140. The Kier molecular flexibility index (Phi) is 42.5. The summed E-state index contributed by atoms with van der Waals surface area (Å²) in [5.74, 6) is -0.351. The molecular weight excluding hydrogens is 770 g/mol. The summed E-state index contributed by atoms with van der Waals surface area (Å²) in [4.78, 5) is 25.1. The number of nitrogens with zero attached hydrogens (tertiary/aromatic N) is 1. The second-order valence-electron chi connectivity index (χ2n) is 17.5. The lowest BCUT2D eigenvalue weighted by molar-refractivity contribution is -0.870. The maximum atomic E-state index is 12.7. The van der Waals surface area contributed by atoms with Gasteiger partial charge in [-0.1, -0.05) is 171 Å². The van der Waals surface area contributed by atoms with E-state index in [4.69, 9.17) is 18.5 Å². The summed E-state index contributed by atoms with van der Waals surface area (Å²) in [6.45, 7) is 5.34. The minimum absolute atomic E-state index is 0.0186. The van der Waals surface area contributed by atoms with E-state index in [1.165, 1.54) is 103 Å². The molecule has 0 radical (unpaired) electrons. The van der Waals surface area contributed by atoms with Crippen molar-refractivity contribution >= 4 is 13.8 Å². The summed E-state index contributed by atoms with van der Waals surface area (Å²) in [6, 6.07) is 0. The maximum absolute atomic E-state index is 12.7. The van der Waals surface area contributed by atoms with E-state index < -0.39 is 13.9 Å². The molecular formula is C51H94NO7P. The van der Waals surface area contributed by atoms with Gasteiger partial charge in [0.1, 0.15) is 19.3 Å². The third-order valence-electron chi connectivity index (χ3n) is 10.3. The molecule has 2 atom stereocenters. The van der Waals surface area contributed by atoms with Crippen LogP contribution in [0.2, 0.25) is 0 Å². The zero-order chi connectivity index (χ0) is 44.1. The number of rotatable bonds is 45. The van der Waals surface area contributed by atoms with Gasteiger partial charge in [-0.05, 0) is 83.5 Å². The minimum Gasteiger partial charge on any atom is -0.756 e. The lowest BCUT2D eigenvalue weighted by Gasteiger charge is -2.28. The highest BCUT2D eigenvalue weighted by molar-refractivity contribution is 7.45. The number of carbonyl (C=O) groups is 1. The maximum Gasteiger partial charge on any atom is 0.306 e. The van der Waals surface area contributed by atoms with Gasteiger partial charge in [-0.3, -0.25) is 9.36 Å². The monoisotopic (exact) mass is 864 g/mol. The van der Waals surface area contributed by atoms with Crippen LogP contribution in [0.3, 0.4) is 0 Å². The van der Waals surface area contributed by atoms with Crippen LogP contribution in [-0.2, 0) is 27.9 Å². The summed E-state index contributed by atoms with van der Waals surface area (Å²) in [6.07, 6.45) is 55.2. The number of allylic oxidation sites excluding steroid dienone is 10. The molecule has 0 saturated heterocycles. The number of unbranched alkanes of at least 4 members (excludes halogenated alkanes) is 21. The predicted octanol–water partition coefficient (Wildman–Crippen LogP) is 14.3. The largest absolute Gasteiger partial charge is 0.756 e. The molecule has 350 valence electrons. The van der Waals surface area contributed by atoms with Gasteiger partial charge in [-0.15, -0.1) is 0 Å². The number of phosphoric ester groups is 1. The normalized spacial score (nSPS) is 14.2. The van der Waals surface area contributed by atoms with Crippen molar-refractivity contribution in [3.8, 4) is 0 Å².